The molecule has 0 heterocycles. The molecule has 0 fully saturated rings. The molecule has 0 bridgehead atoms. The Bertz CT molecular complexity index is 97.0. The Morgan fingerprint density at radius 1 is 1.45 bits per heavy atom. The number of hydrogen-bond donors (Lipinski definition) is 0. The Kier molecular flexibility index (Phi) is 6.96. The predicted molar refractivity (Wildman–Crippen MR) is 56.8 cm³/mol. The van der Waals surface area contributed by atoms with Gasteiger partial charge in [-0.05, 0) is 38.3 Å². The van der Waals surface area contributed by atoms with E-state index in [1.807, 2.05) is 6.08 Å². The highest BCUT2D eigenvalue weighted by Gasteiger charge is 1.99. The Morgan fingerprint density at radius 3 is 2.55 bits per heavy atom. The maximum absolute atomic E-state index is 3.75. The predicted octanol–water partition coefficient (Wildman–Crippen LogP) is 3.72. The molecular formula is C10H21P. The maximum atomic E-state index is 3.75. The highest BCUT2D eigenvalue weighted by molar-refractivity contribution is 7.55. The topological polar surface area (TPSA) is 0 Å². The fraction of sp³-hybridized carbons (Fsp3) is 0.800. The summed E-state index contributed by atoms with van der Waals surface area (Å²) in [6.45, 7) is 10.8. The molecule has 1 heteroatoms. The standard InChI is InChI=1S/C10H21P/c1-5-7-10(2)8-6-9-11(3)4/h5,10H,1,6-9H2,2-4H3. The summed E-state index contributed by atoms with van der Waals surface area (Å²) in [6.07, 6.45) is 7.45. The van der Waals surface area contributed by atoms with Crippen LogP contribution in [0.15, 0.2) is 12.7 Å². The van der Waals surface area contributed by atoms with Gasteiger partial charge in [-0.2, -0.15) is 0 Å². The minimum atomic E-state index is 0.334. The highest BCUT2D eigenvalue weighted by atomic mass is 31.1. The Hall–Kier alpha value is 0.170. The minimum absolute atomic E-state index is 0.334. The molecule has 1 atom stereocenters. The van der Waals surface area contributed by atoms with Crippen molar-refractivity contribution in [2.24, 2.45) is 5.92 Å². The Balaban J connectivity index is 3.16. The van der Waals surface area contributed by atoms with Gasteiger partial charge in [0.15, 0.2) is 0 Å². The van der Waals surface area contributed by atoms with Crippen molar-refractivity contribution >= 4 is 7.92 Å². The van der Waals surface area contributed by atoms with Crippen LogP contribution in [0.4, 0.5) is 0 Å². The highest BCUT2D eigenvalue weighted by Crippen LogP contribution is 2.26. The molecule has 1 unspecified atom stereocenters. The fourth-order valence-corrected chi connectivity index (χ4v) is 1.97. The maximum Gasteiger partial charge on any atom is -0.0328 e. The van der Waals surface area contributed by atoms with E-state index in [0.717, 1.165) is 5.92 Å². The van der Waals surface area contributed by atoms with Crippen molar-refractivity contribution in [2.45, 2.75) is 26.2 Å². The van der Waals surface area contributed by atoms with Gasteiger partial charge < -0.3 is 0 Å². The van der Waals surface area contributed by atoms with E-state index in [1.54, 1.807) is 0 Å². The normalized spacial score (nSPS) is 13.5. The van der Waals surface area contributed by atoms with Crippen molar-refractivity contribution in [3.05, 3.63) is 12.7 Å². The zero-order chi connectivity index (χ0) is 8.69. The van der Waals surface area contributed by atoms with Gasteiger partial charge in [-0.1, -0.05) is 19.4 Å². The second-order valence-electron chi connectivity index (χ2n) is 3.58. The first-order valence-electron chi connectivity index (χ1n) is 4.42. The Labute approximate surface area is 72.8 Å². The van der Waals surface area contributed by atoms with Crippen molar-refractivity contribution in [3.8, 4) is 0 Å². The first-order chi connectivity index (χ1) is 5.16. The molecule has 0 aromatic carbocycles. The monoisotopic (exact) mass is 172 g/mol. The molecule has 0 spiro atoms. The van der Waals surface area contributed by atoms with Crippen molar-refractivity contribution in [1.82, 2.24) is 0 Å². The second-order valence-corrected chi connectivity index (χ2v) is 6.18. The summed E-state index contributed by atoms with van der Waals surface area (Å²) in [7, 11) is 0.334. The van der Waals surface area contributed by atoms with Crippen LogP contribution in [0.1, 0.15) is 26.2 Å². The molecule has 0 aliphatic carbocycles. The summed E-state index contributed by atoms with van der Waals surface area (Å²) < 4.78 is 0. The summed E-state index contributed by atoms with van der Waals surface area (Å²) >= 11 is 0. The van der Waals surface area contributed by atoms with Gasteiger partial charge in [0, 0.05) is 0 Å². The van der Waals surface area contributed by atoms with Gasteiger partial charge in [0.1, 0.15) is 0 Å². The van der Waals surface area contributed by atoms with Crippen LogP contribution in [0.25, 0.3) is 0 Å². The number of allylic oxidation sites excluding steroid dienone is 1. The van der Waals surface area contributed by atoms with E-state index in [-0.39, 0.29) is 0 Å². The van der Waals surface area contributed by atoms with Gasteiger partial charge in [-0.3, -0.25) is 0 Å². The van der Waals surface area contributed by atoms with E-state index in [0.29, 0.717) is 7.92 Å². The lowest BCUT2D eigenvalue weighted by Gasteiger charge is -2.09. The van der Waals surface area contributed by atoms with Crippen molar-refractivity contribution in [2.75, 3.05) is 19.5 Å². The number of rotatable bonds is 6. The van der Waals surface area contributed by atoms with Crippen LogP contribution in [0.2, 0.25) is 0 Å². The van der Waals surface area contributed by atoms with E-state index >= 15 is 0 Å². The molecular weight excluding hydrogens is 151 g/mol. The average Bonchev–Trinajstić information content (AvgIpc) is 1.87. The first kappa shape index (κ1) is 11.2. The molecule has 0 rings (SSSR count). The molecule has 0 radical (unpaired) electrons. The van der Waals surface area contributed by atoms with Crippen LogP contribution >= 0.6 is 7.92 Å². The minimum Gasteiger partial charge on any atom is -0.113 e. The molecule has 0 N–H and O–H groups in total. The van der Waals surface area contributed by atoms with Crippen LogP contribution in [0.3, 0.4) is 0 Å². The van der Waals surface area contributed by atoms with Crippen molar-refractivity contribution < 1.29 is 0 Å². The van der Waals surface area contributed by atoms with Crippen LogP contribution in [-0.4, -0.2) is 19.5 Å². The molecule has 0 nitrogen and oxygen atoms in total. The lowest BCUT2D eigenvalue weighted by Crippen LogP contribution is -1.93. The van der Waals surface area contributed by atoms with Gasteiger partial charge in [-0.25, -0.2) is 0 Å². The molecule has 0 aliphatic rings. The molecule has 0 saturated heterocycles. The van der Waals surface area contributed by atoms with Crippen LogP contribution in [-0.2, 0) is 0 Å². The summed E-state index contributed by atoms with van der Waals surface area (Å²) in [4.78, 5) is 0. The second kappa shape index (κ2) is 6.85. The van der Waals surface area contributed by atoms with Gasteiger partial charge in [0.2, 0.25) is 0 Å². The van der Waals surface area contributed by atoms with Crippen molar-refractivity contribution in [1.29, 1.82) is 0 Å². The van der Waals surface area contributed by atoms with E-state index in [1.165, 1.54) is 25.4 Å². The van der Waals surface area contributed by atoms with Gasteiger partial charge in [-0.15, -0.1) is 14.5 Å². The quantitative estimate of drug-likeness (QED) is 0.423. The molecule has 0 aromatic heterocycles. The van der Waals surface area contributed by atoms with E-state index < -0.39 is 0 Å². The molecule has 0 saturated carbocycles. The molecule has 0 aliphatic heterocycles. The van der Waals surface area contributed by atoms with Gasteiger partial charge in [0.05, 0.1) is 0 Å². The summed E-state index contributed by atoms with van der Waals surface area (Å²) in [5.74, 6) is 0.849. The third-order valence-electron chi connectivity index (χ3n) is 1.87. The van der Waals surface area contributed by atoms with E-state index in [2.05, 4.69) is 26.8 Å². The largest absolute Gasteiger partial charge is 0.113 e. The fourth-order valence-electron chi connectivity index (χ4n) is 1.16. The summed E-state index contributed by atoms with van der Waals surface area (Å²) in [6, 6.07) is 0. The SMILES string of the molecule is C=CCC(C)CCCP(C)C. The van der Waals surface area contributed by atoms with E-state index in [9.17, 15) is 0 Å². The summed E-state index contributed by atoms with van der Waals surface area (Å²) in [5.41, 5.74) is 0. The lowest BCUT2D eigenvalue weighted by atomic mass is 10.0. The molecule has 66 valence electrons. The lowest BCUT2D eigenvalue weighted by molar-refractivity contribution is 0.534. The third kappa shape index (κ3) is 8.07. The molecule has 11 heavy (non-hydrogen) atoms. The summed E-state index contributed by atoms with van der Waals surface area (Å²) in [5, 5.41) is 0. The average molecular weight is 172 g/mol. The molecule has 0 aromatic rings. The molecule has 0 amide bonds. The van der Waals surface area contributed by atoms with Crippen molar-refractivity contribution in [3.63, 3.8) is 0 Å². The third-order valence-corrected chi connectivity index (χ3v) is 3.08. The zero-order valence-electron chi connectivity index (χ0n) is 8.14. The van der Waals surface area contributed by atoms with Crippen LogP contribution in [0, 0.1) is 5.92 Å². The van der Waals surface area contributed by atoms with Crippen LogP contribution in [0.5, 0.6) is 0 Å². The number of hydrogen-bond acceptors (Lipinski definition) is 0. The van der Waals surface area contributed by atoms with E-state index in [4.69, 9.17) is 0 Å². The zero-order valence-corrected chi connectivity index (χ0v) is 9.03. The Morgan fingerprint density at radius 2 is 2.09 bits per heavy atom. The van der Waals surface area contributed by atoms with Gasteiger partial charge in [0.25, 0.3) is 0 Å². The first-order valence-corrected chi connectivity index (χ1v) is 6.84. The van der Waals surface area contributed by atoms with Crippen LogP contribution < -0.4 is 0 Å². The smallest absolute Gasteiger partial charge is 0.0328 e. The van der Waals surface area contributed by atoms with Gasteiger partial charge >= 0.3 is 0 Å².